The van der Waals surface area contributed by atoms with E-state index in [0.29, 0.717) is 11.5 Å². The molecule has 0 N–H and O–H groups in total. The maximum atomic E-state index is 11.6. The van der Waals surface area contributed by atoms with Crippen LogP contribution in [-0.4, -0.2) is 29.6 Å². The molecule has 0 aliphatic heterocycles. The van der Waals surface area contributed by atoms with Crippen molar-refractivity contribution in [3.8, 4) is 0 Å². The maximum absolute atomic E-state index is 11.6. The second-order valence-electron chi connectivity index (χ2n) is 4.27. The topological polar surface area (TPSA) is 55.3 Å². The number of carbonyl (C=O) groups is 1. The Bertz CT molecular complexity index is 571. The van der Waals surface area contributed by atoms with Gasteiger partial charge in [-0.15, -0.1) is 0 Å². The minimum absolute atomic E-state index is 0.0809. The van der Waals surface area contributed by atoms with Gasteiger partial charge < -0.3 is 9.64 Å². The number of thiazole rings is 1. The second kappa shape index (κ2) is 6.47. The zero-order valence-corrected chi connectivity index (χ0v) is 12.6. The highest BCUT2D eigenvalue weighted by molar-refractivity contribution is 7.17. The fourth-order valence-electron chi connectivity index (χ4n) is 1.71. The summed E-state index contributed by atoms with van der Waals surface area (Å²) in [6, 6.07) is 5.90. The average molecular weight is 291 g/mol. The Kier molecular flexibility index (Phi) is 4.68. The first-order valence-electron chi connectivity index (χ1n) is 6.40. The predicted molar refractivity (Wildman–Crippen MR) is 79.1 cm³/mol. The van der Waals surface area contributed by atoms with Gasteiger partial charge in [0.15, 0.2) is 5.13 Å². The molecule has 0 amide bonds. The zero-order valence-electron chi connectivity index (χ0n) is 11.7. The monoisotopic (exact) mass is 291 g/mol. The van der Waals surface area contributed by atoms with Crippen LogP contribution in [0, 0.1) is 0 Å². The lowest BCUT2D eigenvalue weighted by atomic mass is 10.2. The van der Waals surface area contributed by atoms with E-state index in [4.69, 9.17) is 4.74 Å². The van der Waals surface area contributed by atoms with Gasteiger partial charge in [0.2, 0.25) is 0 Å². The fourth-order valence-corrected chi connectivity index (χ4v) is 2.56. The number of rotatable bonds is 5. The molecule has 0 fully saturated rings. The van der Waals surface area contributed by atoms with Crippen LogP contribution in [0.15, 0.2) is 30.6 Å². The molecule has 2 aromatic heterocycles. The van der Waals surface area contributed by atoms with Crippen molar-refractivity contribution in [1.29, 1.82) is 0 Å². The van der Waals surface area contributed by atoms with Crippen LogP contribution in [0.25, 0.3) is 0 Å². The molecular formula is C14H17N3O2S. The molecule has 0 bridgehead atoms. The van der Waals surface area contributed by atoms with E-state index in [0.717, 1.165) is 10.8 Å². The Morgan fingerprint density at radius 3 is 2.90 bits per heavy atom. The standard InChI is InChI=1S/C14H17N3O2S/c1-4-19-13(18)12-9-16-14(20-12)17(3)10(2)11-7-5-6-8-15-11/h5-10H,4H2,1-3H3/t10-/m0/s1. The number of nitrogens with zero attached hydrogens (tertiary/aromatic N) is 3. The van der Waals surface area contributed by atoms with Gasteiger partial charge in [-0.2, -0.15) is 0 Å². The van der Waals surface area contributed by atoms with Gasteiger partial charge in [0, 0.05) is 13.2 Å². The van der Waals surface area contributed by atoms with E-state index in [1.807, 2.05) is 37.1 Å². The summed E-state index contributed by atoms with van der Waals surface area (Å²) in [6.07, 6.45) is 3.32. The number of carbonyl (C=O) groups excluding carboxylic acids is 1. The van der Waals surface area contributed by atoms with Crippen molar-refractivity contribution in [2.75, 3.05) is 18.6 Å². The summed E-state index contributed by atoms with van der Waals surface area (Å²) in [4.78, 5) is 22.8. The lowest BCUT2D eigenvalue weighted by molar-refractivity contribution is 0.0532. The van der Waals surface area contributed by atoms with Crippen LogP contribution in [0.2, 0.25) is 0 Å². The lowest BCUT2D eigenvalue weighted by Crippen LogP contribution is -2.22. The molecule has 20 heavy (non-hydrogen) atoms. The van der Waals surface area contributed by atoms with E-state index in [-0.39, 0.29) is 12.0 Å². The third kappa shape index (κ3) is 3.14. The van der Waals surface area contributed by atoms with E-state index in [2.05, 4.69) is 9.97 Å². The van der Waals surface area contributed by atoms with Gasteiger partial charge in [0.1, 0.15) is 4.88 Å². The van der Waals surface area contributed by atoms with Gasteiger partial charge in [0.25, 0.3) is 0 Å². The first-order chi connectivity index (χ1) is 9.63. The number of aromatic nitrogens is 2. The van der Waals surface area contributed by atoms with Crippen molar-refractivity contribution in [2.24, 2.45) is 0 Å². The normalized spacial score (nSPS) is 11.9. The summed E-state index contributed by atoms with van der Waals surface area (Å²) >= 11 is 1.32. The van der Waals surface area contributed by atoms with Gasteiger partial charge in [-0.3, -0.25) is 4.98 Å². The van der Waals surface area contributed by atoms with Crippen LogP contribution in [-0.2, 0) is 4.74 Å². The fraction of sp³-hybridized carbons (Fsp3) is 0.357. The van der Waals surface area contributed by atoms with Crippen molar-refractivity contribution < 1.29 is 9.53 Å². The van der Waals surface area contributed by atoms with Crippen LogP contribution in [0.1, 0.15) is 35.3 Å². The minimum atomic E-state index is -0.324. The molecule has 0 aliphatic rings. The van der Waals surface area contributed by atoms with E-state index in [9.17, 15) is 4.79 Å². The SMILES string of the molecule is CCOC(=O)c1cnc(N(C)[C@@H](C)c2ccccn2)s1. The highest BCUT2D eigenvalue weighted by Crippen LogP contribution is 2.28. The predicted octanol–water partition coefficient (Wildman–Crippen LogP) is 2.91. The molecule has 106 valence electrons. The first kappa shape index (κ1) is 14.5. The average Bonchev–Trinajstić information content (AvgIpc) is 2.97. The molecule has 5 nitrogen and oxygen atoms in total. The van der Waals surface area contributed by atoms with Crippen molar-refractivity contribution in [2.45, 2.75) is 19.9 Å². The van der Waals surface area contributed by atoms with Gasteiger partial charge in [-0.25, -0.2) is 9.78 Å². The highest BCUT2D eigenvalue weighted by Gasteiger charge is 2.18. The van der Waals surface area contributed by atoms with Crippen molar-refractivity contribution in [1.82, 2.24) is 9.97 Å². The summed E-state index contributed by atoms with van der Waals surface area (Å²) in [5.41, 5.74) is 0.961. The highest BCUT2D eigenvalue weighted by atomic mass is 32.1. The molecule has 0 radical (unpaired) electrons. The summed E-state index contributed by atoms with van der Waals surface area (Å²) in [5, 5.41) is 0.770. The van der Waals surface area contributed by atoms with E-state index in [1.165, 1.54) is 11.3 Å². The minimum Gasteiger partial charge on any atom is -0.462 e. The van der Waals surface area contributed by atoms with Gasteiger partial charge in [0.05, 0.1) is 24.5 Å². The summed E-state index contributed by atoms with van der Waals surface area (Å²) in [7, 11) is 1.94. The van der Waals surface area contributed by atoms with Crippen LogP contribution in [0.4, 0.5) is 5.13 Å². The van der Waals surface area contributed by atoms with Crippen LogP contribution in [0.3, 0.4) is 0 Å². The second-order valence-corrected chi connectivity index (χ2v) is 5.28. The maximum Gasteiger partial charge on any atom is 0.350 e. The number of esters is 1. The van der Waals surface area contributed by atoms with E-state index < -0.39 is 0 Å². The van der Waals surface area contributed by atoms with Crippen molar-refractivity contribution in [3.63, 3.8) is 0 Å². The Morgan fingerprint density at radius 1 is 1.45 bits per heavy atom. The summed E-state index contributed by atoms with van der Waals surface area (Å²) in [5.74, 6) is -0.324. The largest absolute Gasteiger partial charge is 0.462 e. The Balaban J connectivity index is 2.13. The molecular weight excluding hydrogens is 274 g/mol. The molecule has 2 heterocycles. The summed E-state index contributed by atoms with van der Waals surface area (Å²) in [6.45, 7) is 4.20. The molecule has 0 saturated carbocycles. The van der Waals surface area contributed by atoms with Crippen molar-refractivity contribution in [3.05, 3.63) is 41.2 Å². The van der Waals surface area contributed by atoms with Crippen molar-refractivity contribution >= 4 is 22.4 Å². The third-order valence-corrected chi connectivity index (χ3v) is 4.04. The summed E-state index contributed by atoms with van der Waals surface area (Å²) < 4.78 is 4.97. The van der Waals surface area contributed by atoms with Gasteiger partial charge in [-0.1, -0.05) is 17.4 Å². The number of hydrogen-bond donors (Lipinski definition) is 0. The molecule has 0 aliphatic carbocycles. The molecule has 0 unspecified atom stereocenters. The lowest BCUT2D eigenvalue weighted by Gasteiger charge is -2.23. The van der Waals surface area contributed by atoms with Gasteiger partial charge >= 0.3 is 5.97 Å². The molecule has 0 spiro atoms. The molecule has 2 rings (SSSR count). The molecule has 0 saturated heterocycles. The Hall–Kier alpha value is -1.95. The van der Waals surface area contributed by atoms with Crippen LogP contribution >= 0.6 is 11.3 Å². The number of ether oxygens (including phenoxy) is 1. The quantitative estimate of drug-likeness (QED) is 0.793. The molecule has 0 aromatic carbocycles. The van der Waals surface area contributed by atoms with Crippen LogP contribution in [0.5, 0.6) is 0 Å². The zero-order chi connectivity index (χ0) is 14.5. The number of hydrogen-bond acceptors (Lipinski definition) is 6. The molecule has 2 aromatic rings. The van der Waals surface area contributed by atoms with Crippen LogP contribution < -0.4 is 4.90 Å². The molecule has 6 heteroatoms. The molecule has 1 atom stereocenters. The number of anilines is 1. The Labute approximate surface area is 122 Å². The van der Waals surface area contributed by atoms with E-state index >= 15 is 0 Å². The Morgan fingerprint density at radius 2 is 2.25 bits per heavy atom. The smallest absolute Gasteiger partial charge is 0.350 e. The van der Waals surface area contributed by atoms with Gasteiger partial charge in [-0.05, 0) is 26.0 Å². The first-order valence-corrected chi connectivity index (χ1v) is 7.21. The van der Waals surface area contributed by atoms with E-state index in [1.54, 1.807) is 19.3 Å². The third-order valence-electron chi connectivity index (χ3n) is 2.97. The number of pyridine rings is 1.